The third-order valence-electron chi connectivity index (χ3n) is 5.98. The second kappa shape index (κ2) is 13.0. The molecule has 0 saturated heterocycles. The third kappa shape index (κ3) is 6.82. The fourth-order valence-electron chi connectivity index (χ4n) is 4.04. The summed E-state index contributed by atoms with van der Waals surface area (Å²) in [6, 6.07) is 7.61. The highest BCUT2D eigenvalue weighted by molar-refractivity contribution is 9.10. The van der Waals surface area contributed by atoms with Crippen molar-refractivity contribution >= 4 is 50.7 Å². The molecule has 16 heteroatoms. The van der Waals surface area contributed by atoms with E-state index >= 15 is 4.39 Å². The summed E-state index contributed by atoms with van der Waals surface area (Å²) in [5.41, 5.74) is -7.43. The van der Waals surface area contributed by atoms with Gasteiger partial charge < -0.3 is 19.7 Å². The van der Waals surface area contributed by atoms with Gasteiger partial charge >= 0.3 is 17.2 Å². The molecule has 0 spiro atoms. The highest BCUT2D eigenvalue weighted by Crippen LogP contribution is 2.56. The summed E-state index contributed by atoms with van der Waals surface area (Å²) in [7, 11) is 1.22. The van der Waals surface area contributed by atoms with Crippen LogP contribution in [0, 0.1) is 0 Å². The highest BCUT2D eigenvalue weighted by Gasteiger charge is 2.72. The number of halogens is 9. The van der Waals surface area contributed by atoms with Crippen molar-refractivity contribution in [2.24, 2.45) is 0 Å². The Morgan fingerprint density at radius 1 is 1.09 bits per heavy atom. The summed E-state index contributed by atoms with van der Waals surface area (Å²) in [5, 5.41) is -3.20. The van der Waals surface area contributed by atoms with Crippen LogP contribution in [0.25, 0.3) is 0 Å². The van der Waals surface area contributed by atoms with E-state index in [9.17, 15) is 35.9 Å². The van der Waals surface area contributed by atoms with Gasteiger partial charge in [-0.05, 0) is 70.9 Å². The smallest absolute Gasteiger partial charge is 0.434 e. The number of aromatic nitrogens is 1. The van der Waals surface area contributed by atoms with Gasteiger partial charge in [-0.15, -0.1) is 0 Å². The first-order valence-electron chi connectivity index (χ1n) is 12.1. The van der Waals surface area contributed by atoms with Gasteiger partial charge in [0, 0.05) is 41.5 Å². The van der Waals surface area contributed by atoms with E-state index in [1.807, 2.05) is 0 Å². The normalized spacial score (nSPS) is 14.0. The maximum atomic E-state index is 15.0. The summed E-state index contributed by atoms with van der Waals surface area (Å²) >= 11 is 7.36. The Bertz CT molecular complexity index is 1470. The molecule has 0 bridgehead atoms. The number of anilines is 2. The molecular weight excluding hydrogens is 679 g/mol. The lowest BCUT2D eigenvalue weighted by atomic mass is 9.94. The Morgan fingerprint density at radius 3 is 2.23 bits per heavy atom. The van der Waals surface area contributed by atoms with Gasteiger partial charge in [-0.1, -0.05) is 6.07 Å². The van der Waals surface area contributed by atoms with Gasteiger partial charge in [0.1, 0.15) is 5.75 Å². The summed E-state index contributed by atoms with van der Waals surface area (Å²) in [4.78, 5) is 31.8. The number of carbonyl (C=O) groups excluding carboxylic acids is 2. The van der Waals surface area contributed by atoms with Crippen LogP contribution in [0.3, 0.4) is 0 Å². The van der Waals surface area contributed by atoms with Crippen LogP contribution in [-0.2, 0) is 5.67 Å². The summed E-state index contributed by atoms with van der Waals surface area (Å²) in [5.74, 6) is -2.49. The number of nitrogens with zero attached hydrogens (tertiary/aromatic N) is 2. The van der Waals surface area contributed by atoms with E-state index in [2.05, 4.69) is 37.8 Å². The minimum Gasteiger partial charge on any atom is -0.494 e. The van der Waals surface area contributed by atoms with Crippen LogP contribution in [0.1, 0.15) is 40.1 Å². The Morgan fingerprint density at radius 2 is 1.72 bits per heavy atom. The number of rotatable bonds is 10. The Kier molecular flexibility index (Phi) is 10.2. The van der Waals surface area contributed by atoms with E-state index in [-0.39, 0.29) is 35.2 Å². The second-order valence-corrected chi connectivity index (χ2v) is 10.1. The first kappa shape index (κ1) is 33.9. The van der Waals surface area contributed by atoms with Crippen LogP contribution in [0.5, 0.6) is 11.5 Å². The lowest BCUT2D eigenvalue weighted by molar-refractivity contribution is -0.286. The molecule has 232 valence electrons. The first-order chi connectivity index (χ1) is 20.0. The average Bonchev–Trinajstić information content (AvgIpc) is 2.93. The minimum atomic E-state index is -6.21. The lowest BCUT2D eigenvalue weighted by Crippen LogP contribution is -2.49. The molecule has 0 radical (unpaired) electrons. The first-order valence-corrected chi connectivity index (χ1v) is 13.3. The molecule has 1 N–H and O–H groups in total. The highest BCUT2D eigenvalue weighted by atomic mass is 79.9. The van der Waals surface area contributed by atoms with Crippen LogP contribution in [0.15, 0.2) is 59.3 Å². The van der Waals surface area contributed by atoms with Crippen molar-refractivity contribution in [1.29, 1.82) is 0 Å². The van der Waals surface area contributed by atoms with Crippen molar-refractivity contribution in [2.75, 3.05) is 23.9 Å². The number of carbonyl (C=O) groups is 2. The van der Waals surface area contributed by atoms with Crippen molar-refractivity contribution in [3.05, 3.63) is 76.0 Å². The number of methoxy groups -OCH3 is 1. The molecule has 2 unspecified atom stereocenters. The van der Waals surface area contributed by atoms with Gasteiger partial charge in [0.25, 0.3) is 11.8 Å². The van der Waals surface area contributed by atoms with Crippen LogP contribution in [-0.4, -0.2) is 48.4 Å². The molecule has 3 rings (SSSR count). The van der Waals surface area contributed by atoms with Crippen molar-refractivity contribution in [3.8, 4) is 11.5 Å². The molecule has 2 aromatic carbocycles. The fraction of sp³-hybridized carbons (Fsp3) is 0.296. The van der Waals surface area contributed by atoms with E-state index in [4.69, 9.17) is 9.47 Å². The van der Waals surface area contributed by atoms with Crippen LogP contribution in [0.4, 0.5) is 42.1 Å². The minimum absolute atomic E-state index is 0.0973. The molecule has 0 saturated carbocycles. The zero-order valence-corrected chi connectivity index (χ0v) is 24.8. The number of para-hydroxylation sites is 1. The largest absolute Gasteiger partial charge is 0.494 e. The molecule has 2 amide bonds. The van der Waals surface area contributed by atoms with E-state index in [0.717, 1.165) is 6.92 Å². The number of benzene rings is 2. The lowest BCUT2D eigenvalue weighted by Gasteiger charge is -2.32. The van der Waals surface area contributed by atoms with Crippen molar-refractivity contribution in [2.45, 2.75) is 37.4 Å². The summed E-state index contributed by atoms with van der Waals surface area (Å²) in [6.45, 7) is 2.61. The summed E-state index contributed by atoms with van der Waals surface area (Å²) in [6.07, 6.45) is -5.63. The molecule has 1 heterocycles. The van der Waals surface area contributed by atoms with E-state index in [1.54, 1.807) is 6.92 Å². The standard InChI is InChI=1S/C27H22BrClF7N3O4/c1-4-39(24(41)15-8-10-37-11-9-15)19-7-5-6-17(22(19)42-3)23(40)38-21-18(28)12-16(13-20(21)43-14(2)30)25(31,26(29,32)33)27(34,35)36/h5-14H,4H2,1-3H3,(H,38,40). The number of nitrogens with one attached hydrogen (secondary N) is 1. The van der Waals surface area contributed by atoms with Gasteiger partial charge in [0.05, 0.1) is 24.0 Å². The van der Waals surface area contributed by atoms with Crippen LogP contribution < -0.4 is 19.7 Å². The van der Waals surface area contributed by atoms with E-state index in [0.29, 0.717) is 6.07 Å². The maximum absolute atomic E-state index is 15.0. The molecule has 0 aliphatic carbocycles. The van der Waals surface area contributed by atoms with Crippen molar-refractivity contribution in [1.82, 2.24) is 4.98 Å². The molecule has 1 aromatic heterocycles. The van der Waals surface area contributed by atoms with E-state index < -0.39 is 56.9 Å². The Hall–Kier alpha value is -3.59. The zero-order valence-electron chi connectivity index (χ0n) is 22.4. The van der Waals surface area contributed by atoms with E-state index in [1.165, 1.54) is 54.7 Å². The van der Waals surface area contributed by atoms with Gasteiger partial charge in [-0.2, -0.15) is 22.0 Å². The molecule has 43 heavy (non-hydrogen) atoms. The number of amides is 2. The Balaban J connectivity index is 2.11. The van der Waals surface area contributed by atoms with Gasteiger partial charge in [0.2, 0.25) is 6.36 Å². The predicted octanol–water partition coefficient (Wildman–Crippen LogP) is 8.02. The number of alkyl halides is 8. The molecular formula is C27H22BrClF7N3O4. The number of pyridine rings is 1. The molecule has 0 aliphatic heterocycles. The van der Waals surface area contributed by atoms with Crippen LogP contribution >= 0.6 is 27.5 Å². The number of ether oxygens (including phenoxy) is 2. The van der Waals surface area contributed by atoms with Gasteiger partial charge in [0.15, 0.2) is 5.75 Å². The Labute approximate surface area is 254 Å². The zero-order chi connectivity index (χ0) is 32.3. The average molecular weight is 701 g/mol. The predicted molar refractivity (Wildman–Crippen MR) is 148 cm³/mol. The molecule has 3 aromatic rings. The monoisotopic (exact) mass is 699 g/mol. The second-order valence-electron chi connectivity index (χ2n) is 8.74. The molecule has 0 aliphatic rings. The third-order valence-corrected chi connectivity index (χ3v) is 6.87. The quantitative estimate of drug-likeness (QED) is 0.171. The maximum Gasteiger partial charge on any atom is 0.434 e. The molecule has 0 fully saturated rings. The topological polar surface area (TPSA) is 80.8 Å². The summed E-state index contributed by atoms with van der Waals surface area (Å²) < 4.78 is 107. The van der Waals surface area contributed by atoms with Crippen molar-refractivity contribution in [3.63, 3.8) is 0 Å². The van der Waals surface area contributed by atoms with Crippen molar-refractivity contribution < 1.29 is 49.8 Å². The molecule has 7 nitrogen and oxygen atoms in total. The van der Waals surface area contributed by atoms with Gasteiger partial charge in [-0.3, -0.25) is 14.6 Å². The molecule has 2 atom stereocenters. The number of hydrogen-bond donors (Lipinski definition) is 1. The van der Waals surface area contributed by atoms with Gasteiger partial charge in [-0.25, -0.2) is 8.78 Å². The SMILES string of the molecule is CCN(C(=O)c1ccncc1)c1cccc(C(=O)Nc2c(Br)cc(C(F)(C(F)(F)F)C(F)(F)Cl)cc2OC(C)F)c1OC. The van der Waals surface area contributed by atoms with Crippen LogP contribution in [0.2, 0.25) is 0 Å². The fourth-order valence-corrected chi connectivity index (χ4v) is 4.80. The number of hydrogen-bond acceptors (Lipinski definition) is 5.